The van der Waals surface area contributed by atoms with Gasteiger partial charge in [-0.2, -0.15) is 0 Å². The van der Waals surface area contributed by atoms with Crippen LogP contribution in [0.1, 0.15) is 0 Å². The van der Waals surface area contributed by atoms with Crippen molar-refractivity contribution in [2.45, 2.75) is 0 Å². The van der Waals surface area contributed by atoms with Gasteiger partial charge in [-0.05, 0) is 40.2 Å². The molecule has 92 valence electrons. The molecule has 2 heterocycles. The van der Waals surface area contributed by atoms with Gasteiger partial charge in [0.25, 0.3) is 0 Å². The zero-order chi connectivity index (χ0) is 13.0. The molecule has 0 aliphatic carbocycles. The molecule has 2 nitrogen and oxygen atoms in total. The second kappa shape index (κ2) is 3.95. The number of hydrogen-bond donors (Lipinski definition) is 1. The Kier molecular flexibility index (Phi) is 2.34. The van der Waals surface area contributed by atoms with Crippen LogP contribution in [0.15, 0.2) is 46.9 Å². The fourth-order valence-corrected chi connectivity index (χ4v) is 3.23. The molecular formula is C15H8BrClN2. The molecule has 0 bridgehead atoms. The van der Waals surface area contributed by atoms with Crippen LogP contribution in [0.5, 0.6) is 0 Å². The molecule has 0 aliphatic rings. The minimum Gasteiger partial charge on any atom is -0.352 e. The number of aromatic nitrogens is 2. The molecule has 0 saturated carbocycles. The van der Waals surface area contributed by atoms with Gasteiger partial charge in [-0.3, -0.25) is 0 Å². The second-order valence-corrected chi connectivity index (χ2v) is 5.71. The Bertz CT molecular complexity index is 943. The van der Waals surface area contributed by atoms with Crippen LogP contribution < -0.4 is 0 Å². The molecule has 0 aliphatic heterocycles. The highest BCUT2D eigenvalue weighted by Gasteiger charge is 2.12. The SMILES string of the molecule is Clc1ccc2[nH]c3c(Br)c4ccccc4nc3c2c1. The van der Waals surface area contributed by atoms with Crippen molar-refractivity contribution in [1.82, 2.24) is 9.97 Å². The average Bonchev–Trinajstić information content (AvgIpc) is 2.78. The largest absolute Gasteiger partial charge is 0.352 e. The van der Waals surface area contributed by atoms with Crippen LogP contribution >= 0.6 is 27.5 Å². The molecule has 0 radical (unpaired) electrons. The third kappa shape index (κ3) is 1.58. The van der Waals surface area contributed by atoms with E-state index in [2.05, 4.69) is 27.0 Å². The van der Waals surface area contributed by atoms with Gasteiger partial charge in [0.1, 0.15) is 0 Å². The molecule has 4 rings (SSSR count). The van der Waals surface area contributed by atoms with Gasteiger partial charge in [0.2, 0.25) is 0 Å². The normalized spacial score (nSPS) is 11.7. The van der Waals surface area contributed by atoms with Crippen molar-refractivity contribution in [2.24, 2.45) is 0 Å². The van der Waals surface area contributed by atoms with Crippen molar-refractivity contribution >= 4 is 60.4 Å². The van der Waals surface area contributed by atoms with Crippen molar-refractivity contribution in [1.29, 1.82) is 0 Å². The van der Waals surface area contributed by atoms with Crippen molar-refractivity contribution < 1.29 is 0 Å². The van der Waals surface area contributed by atoms with Gasteiger partial charge in [0, 0.05) is 21.3 Å². The summed E-state index contributed by atoms with van der Waals surface area (Å²) < 4.78 is 1.04. The zero-order valence-electron chi connectivity index (χ0n) is 9.74. The van der Waals surface area contributed by atoms with E-state index in [1.807, 2.05) is 36.4 Å². The Hall–Kier alpha value is -1.58. The van der Waals surface area contributed by atoms with Gasteiger partial charge >= 0.3 is 0 Å². The summed E-state index contributed by atoms with van der Waals surface area (Å²) in [5.41, 5.74) is 3.98. The molecule has 1 N–H and O–H groups in total. The van der Waals surface area contributed by atoms with Gasteiger partial charge in [0.15, 0.2) is 0 Å². The quantitative estimate of drug-likeness (QED) is 0.466. The Balaban J connectivity index is 2.30. The molecule has 2 aromatic heterocycles. The highest BCUT2D eigenvalue weighted by molar-refractivity contribution is 9.10. The number of para-hydroxylation sites is 1. The number of nitrogens with one attached hydrogen (secondary N) is 1. The van der Waals surface area contributed by atoms with E-state index in [1.165, 1.54) is 0 Å². The standard InChI is InChI=1S/C15H8BrClN2/c16-13-9-3-1-2-4-11(9)18-14-10-7-8(17)5-6-12(10)19-15(13)14/h1-7,19H. The van der Waals surface area contributed by atoms with E-state index >= 15 is 0 Å². The summed E-state index contributed by atoms with van der Waals surface area (Å²) in [5.74, 6) is 0. The molecular weight excluding hydrogens is 324 g/mol. The zero-order valence-corrected chi connectivity index (χ0v) is 12.1. The fourth-order valence-electron chi connectivity index (χ4n) is 2.44. The summed E-state index contributed by atoms with van der Waals surface area (Å²) in [6.07, 6.45) is 0. The van der Waals surface area contributed by atoms with E-state index in [-0.39, 0.29) is 0 Å². The van der Waals surface area contributed by atoms with Crippen molar-refractivity contribution in [3.05, 3.63) is 52.0 Å². The van der Waals surface area contributed by atoms with E-state index in [9.17, 15) is 0 Å². The maximum Gasteiger partial charge on any atom is 0.0977 e. The smallest absolute Gasteiger partial charge is 0.0977 e. The Labute approximate surface area is 122 Å². The number of rotatable bonds is 0. The van der Waals surface area contributed by atoms with Crippen LogP contribution in [-0.4, -0.2) is 9.97 Å². The lowest BCUT2D eigenvalue weighted by atomic mass is 10.2. The predicted octanol–water partition coefficient (Wildman–Crippen LogP) is 5.29. The highest BCUT2D eigenvalue weighted by atomic mass is 79.9. The van der Waals surface area contributed by atoms with Gasteiger partial charge in [-0.1, -0.05) is 29.8 Å². The predicted molar refractivity (Wildman–Crippen MR) is 83.8 cm³/mol. The third-order valence-electron chi connectivity index (χ3n) is 3.33. The van der Waals surface area contributed by atoms with Crippen molar-refractivity contribution in [3.63, 3.8) is 0 Å². The van der Waals surface area contributed by atoms with E-state index < -0.39 is 0 Å². The first-order valence-corrected chi connectivity index (χ1v) is 7.06. The number of halogens is 2. The number of fused-ring (bicyclic) bond motifs is 4. The summed E-state index contributed by atoms with van der Waals surface area (Å²) in [5, 5.41) is 2.88. The summed E-state index contributed by atoms with van der Waals surface area (Å²) in [7, 11) is 0. The summed E-state index contributed by atoms with van der Waals surface area (Å²) in [4.78, 5) is 8.15. The van der Waals surface area contributed by atoms with Crippen LogP contribution in [0, 0.1) is 0 Å². The van der Waals surface area contributed by atoms with Crippen molar-refractivity contribution in [3.8, 4) is 0 Å². The topological polar surface area (TPSA) is 28.7 Å². The van der Waals surface area contributed by atoms with Gasteiger partial charge < -0.3 is 4.98 Å². The van der Waals surface area contributed by atoms with Crippen LogP contribution in [-0.2, 0) is 0 Å². The summed E-state index contributed by atoms with van der Waals surface area (Å²) >= 11 is 9.76. The number of hydrogen-bond acceptors (Lipinski definition) is 1. The van der Waals surface area contributed by atoms with Crippen LogP contribution in [0.25, 0.3) is 32.8 Å². The molecule has 0 amide bonds. The maximum atomic E-state index is 6.08. The minimum atomic E-state index is 0.722. The van der Waals surface area contributed by atoms with Gasteiger partial charge in [-0.25, -0.2) is 4.98 Å². The van der Waals surface area contributed by atoms with Gasteiger partial charge in [-0.15, -0.1) is 0 Å². The first-order chi connectivity index (χ1) is 9.24. The van der Waals surface area contributed by atoms with Crippen LogP contribution in [0.2, 0.25) is 5.02 Å². The lowest BCUT2D eigenvalue weighted by molar-refractivity contribution is 1.48. The number of H-pyrrole nitrogens is 1. The molecule has 4 aromatic rings. The number of nitrogens with zero attached hydrogens (tertiary/aromatic N) is 1. The lowest BCUT2D eigenvalue weighted by Gasteiger charge is -2.01. The van der Waals surface area contributed by atoms with E-state index in [1.54, 1.807) is 0 Å². The highest BCUT2D eigenvalue weighted by Crippen LogP contribution is 2.34. The second-order valence-electron chi connectivity index (χ2n) is 4.48. The Morgan fingerprint density at radius 3 is 2.79 bits per heavy atom. The maximum absolute atomic E-state index is 6.08. The average molecular weight is 332 g/mol. The Morgan fingerprint density at radius 1 is 1.05 bits per heavy atom. The fraction of sp³-hybridized carbons (Fsp3) is 0. The molecule has 0 fully saturated rings. The first-order valence-electron chi connectivity index (χ1n) is 5.89. The third-order valence-corrected chi connectivity index (χ3v) is 4.38. The lowest BCUT2D eigenvalue weighted by Crippen LogP contribution is -1.82. The molecule has 2 aromatic carbocycles. The van der Waals surface area contributed by atoms with Crippen LogP contribution in [0.3, 0.4) is 0 Å². The number of benzene rings is 2. The van der Waals surface area contributed by atoms with Crippen molar-refractivity contribution in [2.75, 3.05) is 0 Å². The summed E-state index contributed by atoms with van der Waals surface area (Å²) in [6, 6.07) is 13.9. The number of pyridine rings is 1. The van der Waals surface area contributed by atoms with Crippen LogP contribution in [0.4, 0.5) is 0 Å². The van der Waals surface area contributed by atoms with E-state index in [4.69, 9.17) is 16.6 Å². The summed E-state index contributed by atoms with van der Waals surface area (Å²) in [6.45, 7) is 0. The van der Waals surface area contributed by atoms with E-state index in [0.717, 1.165) is 42.3 Å². The minimum absolute atomic E-state index is 0.722. The molecule has 0 atom stereocenters. The monoisotopic (exact) mass is 330 g/mol. The van der Waals surface area contributed by atoms with E-state index in [0.29, 0.717) is 0 Å². The molecule has 0 saturated heterocycles. The molecule has 0 spiro atoms. The molecule has 0 unspecified atom stereocenters. The van der Waals surface area contributed by atoms with Gasteiger partial charge in [0.05, 0.1) is 21.0 Å². The number of aromatic amines is 1. The Morgan fingerprint density at radius 2 is 1.89 bits per heavy atom. The molecule has 19 heavy (non-hydrogen) atoms. The molecule has 4 heteroatoms. The first kappa shape index (κ1) is 11.3.